The summed E-state index contributed by atoms with van der Waals surface area (Å²) in [6, 6.07) is 0.279. The van der Waals surface area contributed by atoms with Crippen LogP contribution in [0.2, 0.25) is 0 Å². The van der Waals surface area contributed by atoms with Gasteiger partial charge in [0.1, 0.15) is 12.2 Å². The number of aromatic nitrogens is 4. The lowest BCUT2D eigenvalue weighted by Crippen LogP contribution is -2.18. The highest BCUT2D eigenvalue weighted by Gasteiger charge is 2.25. The Balaban J connectivity index is 2.67. The Kier molecular flexibility index (Phi) is 5.04. The zero-order valence-electron chi connectivity index (χ0n) is 13.3. The van der Waals surface area contributed by atoms with Gasteiger partial charge in [-0.15, -0.1) is 11.6 Å². The number of ether oxygens (including phenoxy) is 1. The zero-order valence-corrected chi connectivity index (χ0v) is 14.1. The van der Waals surface area contributed by atoms with Gasteiger partial charge in [-0.3, -0.25) is 0 Å². The number of alkyl halides is 1. The topological polar surface area (TPSA) is 52.8 Å². The van der Waals surface area contributed by atoms with Gasteiger partial charge in [-0.1, -0.05) is 26.7 Å². The van der Waals surface area contributed by atoms with Crippen LogP contribution in [0.15, 0.2) is 6.33 Å². The van der Waals surface area contributed by atoms with Crippen LogP contribution < -0.4 is 4.74 Å². The van der Waals surface area contributed by atoms with Crippen LogP contribution >= 0.6 is 11.6 Å². The second-order valence-corrected chi connectivity index (χ2v) is 5.98. The Morgan fingerprint density at radius 2 is 1.90 bits per heavy atom. The predicted molar refractivity (Wildman–Crippen MR) is 84.9 cm³/mol. The average molecular weight is 311 g/mol. The number of methoxy groups -OCH3 is 1. The average Bonchev–Trinajstić information content (AvgIpc) is 2.87. The molecule has 6 heteroatoms. The normalized spacial score (nSPS) is 14.6. The second-order valence-electron chi connectivity index (χ2n) is 5.33. The first-order chi connectivity index (χ1) is 10.0. The number of rotatable bonds is 6. The Hall–Kier alpha value is -1.36. The fraction of sp³-hybridized carbons (Fsp3) is 0.667. The summed E-state index contributed by atoms with van der Waals surface area (Å²) in [5.74, 6) is 1.87. The van der Waals surface area contributed by atoms with E-state index < -0.39 is 0 Å². The SMILES string of the molecule is CCC(CC)C(C)n1c(C(C)Cl)nc2c(OC)ncnc21. The quantitative estimate of drug-likeness (QED) is 0.753. The molecule has 2 rings (SSSR count). The molecular weight excluding hydrogens is 288 g/mol. The monoisotopic (exact) mass is 310 g/mol. The Bertz CT molecular complexity index is 607. The molecule has 116 valence electrons. The molecule has 2 aromatic rings. The molecular formula is C15H23ClN4O. The number of hydrogen-bond donors (Lipinski definition) is 0. The molecule has 0 saturated heterocycles. The van der Waals surface area contributed by atoms with E-state index in [9.17, 15) is 0 Å². The molecule has 0 aliphatic rings. The van der Waals surface area contributed by atoms with Crippen molar-refractivity contribution in [1.82, 2.24) is 19.5 Å². The minimum atomic E-state index is -0.194. The summed E-state index contributed by atoms with van der Waals surface area (Å²) in [6.45, 7) is 8.56. The highest BCUT2D eigenvalue weighted by atomic mass is 35.5. The summed E-state index contributed by atoms with van der Waals surface area (Å²) in [5, 5.41) is -0.194. The maximum Gasteiger partial charge on any atom is 0.245 e. The fourth-order valence-electron chi connectivity index (χ4n) is 2.92. The molecule has 0 aliphatic carbocycles. The van der Waals surface area contributed by atoms with Gasteiger partial charge in [0.2, 0.25) is 5.88 Å². The third kappa shape index (κ3) is 2.84. The minimum Gasteiger partial charge on any atom is -0.479 e. The van der Waals surface area contributed by atoms with Gasteiger partial charge in [-0.25, -0.2) is 9.97 Å². The van der Waals surface area contributed by atoms with Gasteiger partial charge in [0.15, 0.2) is 11.2 Å². The lowest BCUT2D eigenvalue weighted by atomic mass is 9.95. The van der Waals surface area contributed by atoms with E-state index in [4.69, 9.17) is 16.3 Å². The summed E-state index contributed by atoms with van der Waals surface area (Å²) in [6.07, 6.45) is 3.73. The van der Waals surface area contributed by atoms with E-state index in [0.717, 1.165) is 24.3 Å². The summed E-state index contributed by atoms with van der Waals surface area (Å²) in [4.78, 5) is 13.2. The molecule has 5 nitrogen and oxygen atoms in total. The zero-order chi connectivity index (χ0) is 15.6. The van der Waals surface area contributed by atoms with Crippen LogP contribution in [0.3, 0.4) is 0 Å². The Morgan fingerprint density at radius 3 is 2.43 bits per heavy atom. The third-order valence-corrected chi connectivity index (χ3v) is 4.35. The van der Waals surface area contributed by atoms with E-state index in [1.54, 1.807) is 7.11 Å². The maximum atomic E-state index is 6.34. The Labute approximate surface area is 130 Å². The van der Waals surface area contributed by atoms with E-state index in [1.807, 2.05) is 6.92 Å². The number of halogens is 1. The van der Waals surface area contributed by atoms with Crippen molar-refractivity contribution in [3.05, 3.63) is 12.2 Å². The minimum absolute atomic E-state index is 0.194. The van der Waals surface area contributed by atoms with Crippen LogP contribution in [-0.2, 0) is 0 Å². The fourth-order valence-corrected chi connectivity index (χ4v) is 3.07. The molecule has 2 unspecified atom stereocenters. The predicted octanol–water partition coefficient (Wildman–Crippen LogP) is 4.13. The van der Waals surface area contributed by atoms with Gasteiger partial charge in [0.25, 0.3) is 0 Å². The molecule has 0 bridgehead atoms. The van der Waals surface area contributed by atoms with Crippen molar-refractivity contribution in [1.29, 1.82) is 0 Å². The lowest BCUT2D eigenvalue weighted by Gasteiger charge is -2.25. The second kappa shape index (κ2) is 6.60. The third-order valence-electron chi connectivity index (χ3n) is 4.16. The molecule has 21 heavy (non-hydrogen) atoms. The van der Waals surface area contributed by atoms with Crippen molar-refractivity contribution < 1.29 is 4.74 Å². The van der Waals surface area contributed by atoms with Crippen molar-refractivity contribution in [2.24, 2.45) is 5.92 Å². The van der Waals surface area contributed by atoms with Crippen molar-refractivity contribution in [2.45, 2.75) is 52.0 Å². The van der Waals surface area contributed by atoms with Crippen LogP contribution in [0.1, 0.15) is 57.8 Å². The molecule has 0 fully saturated rings. The van der Waals surface area contributed by atoms with Crippen LogP contribution in [0.25, 0.3) is 11.2 Å². The summed E-state index contributed by atoms with van der Waals surface area (Å²) >= 11 is 6.34. The number of imidazole rings is 1. The van der Waals surface area contributed by atoms with Gasteiger partial charge in [-0.05, 0) is 19.8 Å². The van der Waals surface area contributed by atoms with Crippen molar-refractivity contribution in [3.8, 4) is 5.88 Å². The molecule has 2 atom stereocenters. The van der Waals surface area contributed by atoms with Crippen LogP contribution in [0.4, 0.5) is 0 Å². The van der Waals surface area contributed by atoms with Gasteiger partial charge in [0.05, 0.1) is 12.5 Å². The first-order valence-electron chi connectivity index (χ1n) is 7.45. The van der Waals surface area contributed by atoms with Crippen molar-refractivity contribution >= 4 is 22.8 Å². The first kappa shape index (κ1) is 16.0. The highest BCUT2D eigenvalue weighted by molar-refractivity contribution is 6.20. The summed E-state index contributed by atoms with van der Waals surface area (Å²) in [7, 11) is 1.59. The van der Waals surface area contributed by atoms with Crippen LogP contribution in [0, 0.1) is 5.92 Å². The highest BCUT2D eigenvalue weighted by Crippen LogP contribution is 2.34. The molecule has 0 aliphatic heterocycles. The summed E-state index contributed by atoms with van der Waals surface area (Å²) < 4.78 is 7.45. The van der Waals surface area contributed by atoms with Crippen LogP contribution in [-0.4, -0.2) is 26.6 Å². The van der Waals surface area contributed by atoms with E-state index >= 15 is 0 Å². The van der Waals surface area contributed by atoms with Crippen LogP contribution in [0.5, 0.6) is 5.88 Å². The Morgan fingerprint density at radius 1 is 1.24 bits per heavy atom. The van der Waals surface area contributed by atoms with Gasteiger partial charge in [0, 0.05) is 6.04 Å². The number of nitrogens with zero attached hydrogens (tertiary/aromatic N) is 4. The van der Waals surface area contributed by atoms with Crippen molar-refractivity contribution in [2.75, 3.05) is 7.11 Å². The largest absolute Gasteiger partial charge is 0.479 e. The smallest absolute Gasteiger partial charge is 0.245 e. The van der Waals surface area contributed by atoms with E-state index in [2.05, 4.69) is 40.3 Å². The van der Waals surface area contributed by atoms with Gasteiger partial charge < -0.3 is 9.30 Å². The molecule has 0 aromatic carbocycles. The molecule has 0 radical (unpaired) electrons. The number of hydrogen-bond acceptors (Lipinski definition) is 4. The molecule has 2 heterocycles. The summed E-state index contributed by atoms with van der Waals surface area (Å²) in [5.41, 5.74) is 1.48. The van der Waals surface area contributed by atoms with E-state index in [0.29, 0.717) is 17.3 Å². The standard InChI is InChI=1S/C15H23ClN4O/c1-6-11(7-2)10(4)20-13(9(3)16)19-12-14(20)17-8-18-15(12)21-5/h8-11H,6-7H2,1-5H3. The van der Waals surface area contributed by atoms with E-state index in [1.165, 1.54) is 6.33 Å². The molecule has 2 aromatic heterocycles. The molecule has 0 saturated carbocycles. The molecule has 0 spiro atoms. The van der Waals surface area contributed by atoms with Crippen molar-refractivity contribution in [3.63, 3.8) is 0 Å². The van der Waals surface area contributed by atoms with Gasteiger partial charge in [-0.2, -0.15) is 4.98 Å². The number of fused-ring (bicyclic) bond motifs is 1. The molecule has 0 amide bonds. The van der Waals surface area contributed by atoms with Gasteiger partial charge >= 0.3 is 0 Å². The maximum absolute atomic E-state index is 6.34. The lowest BCUT2D eigenvalue weighted by molar-refractivity contribution is 0.331. The molecule has 0 N–H and O–H groups in total. The van der Waals surface area contributed by atoms with E-state index in [-0.39, 0.29) is 11.4 Å². The first-order valence-corrected chi connectivity index (χ1v) is 7.89.